The third-order valence-electron chi connectivity index (χ3n) is 3.22. The highest BCUT2D eigenvalue weighted by Gasteiger charge is 2.25. The van der Waals surface area contributed by atoms with Crippen molar-refractivity contribution in [1.82, 2.24) is 0 Å². The Morgan fingerprint density at radius 2 is 1.80 bits per heavy atom. The van der Waals surface area contributed by atoms with Crippen LogP contribution in [-0.4, -0.2) is 11.7 Å². The third kappa shape index (κ3) is 3.13. The Morgan fingerprint density at radius 1 is 1.10 bits per heavy atom. The van der Waals surface area contributed by atoms with Gasteiger partial charge in [0.2, 0.25) is 0 Å². The maximum Gasteiger partial charge on any atom is 0.129 e. The Bertz CT molecular complexity index is 606. The van der Waals surface area contributed by atoms with Crippen LogP contribution in [0.5, 0.6) is 0 Å². The van der Waals surface area contributed by atoms with E-state index in [9.17, 15) is 9.50 Å². The molecule has 0 heterocycles. The van der Waals surface area contributed by atoms with Crippen LogP contribution in [0.25, 0.3) is 0 Å². The Balaban J connectivity index is 2.39. The minimum atomic E-state index is -1.07. The first kappa shape index (κ1) is 15.3. The van der Waals surface area contributed by atoms with E-state index in [1.54, 1.807) is 30.3 Å². The summed E-state index contributed by atoms with van der Waals surface area (Å²) in [6.45, 7) is 0.136. The van der Waals surface area contributed by atoms with E-state index in [1.807, 2.05) is 0 Å². The molecule has 2 aromatic carbocycles. The molecule has 106 valence electrons. The van der Waals surface area contributed by atoms with E-state index in [0.29, 0.717) is 15.6 Å². The van der Waals surface area contributed by atoms with Gasteiger partial charge in [-0.3, -0.25) is 0 Å². The highest BCUT2D eigenvalue weighted by atomic mass is 35.5. The molecule has 0 bridgehead atoms. The number of rotatable bonds is 4. The number of aliphatic hydroxyl groups is 1. The summed E-state index contributed by atoms with van der Waals surface area (Å²) in [4.78, 5) is 0. The van der Waals surface area contributed by atoms with Gasteiger partial charge in [-0.15, -0.1) is 0 Å². The normalized spacial score (nSPS) is 14.1. The summed E-state index contributed by atoms with van der Waals surface area (Å²) in [7, 11) is 0. The molecular weight excluding hydrogens is 300 g/mol. The second-order valence-electron chi connectivity index (χ2n) is 4.47. The number of aliphatic hydroxyl groups excluding tert-OH is 1. The molecule has 5 heteroatoms. The van der Waals surface area contributed by atoms with Crippen LogP contribution in [0.3, 0.4) is 0 Å². The Kier molecular flexibility index (Phi) is 5.00. The number of hydrogen-bond donors (Lipinski definition) is 2. The summed E-state index contributed by atoms with van der Waals surface area (Å²) in [5, 5.41) is 11.3. The minimum absolute atomic E-state index is 0.136. The monoisotopic (exact) mass is 313 g/mol. The van der Waals surface area contributed by atoms with Crippen LogP contribution in [0.1, 0.15) is 23.1 Å². The molecule has 20 heavy (non-hydrogen) atoms. The Labute approximate surface area is 126 Å². The maximum absolute atomic E-state index is 13.8. The molecule has 0 aliphatic rings. The zero-order chi connectivity index (χ0) is 14.7. The number of benzene rings is 2. The van der Waals surface area contributed by atoms with E-state index in [2.05, 4.69) is 0 Å². The van der Waals surface area contributed by atoms with Gasteiger partial charge in [-0.2, -0.15) is 0 Å². The molecule has 0 aliphatic carbocycles. The van der Waals surface area contributed by atoms with Crippen LogP contribution < -0.4 is 5.73 Å². The summed E-state index contributed by atoms with van der Waals surface area (Å²) < 4.78 is 13.8. The van der Waals surface area contributed by atoms with Crippen molar-refractivity contribution >= 4 is 23.2 Å². The van der Waals surface area contributed by atoms with Crippen molar-refractivity contribution in [3.05, 3.63) is 69.5 Å². The lowest BCUT2D eigenvalue weighted by Gasteiger charge is -2.23. The van der Waals surface area contributed by atoms with Crippen molar-refractivity contribution in [2.24, 2.45) is 5.73 Å². The molecule has 0 amide bonds. The van der Waals surface area contributed by atoms with Crippen LogP contribution >= 0.6 is 23.2 Å². The molecule has 0 radical (unpaired) electrons. The average molecular weight is 314 g/mol. The van der Waals surface area contributed by atoms with Gasteiger partial charge in [0.1, 0.15) is 5.82 Å². The summed E-state index contributed by atoms with van der Waals surface area (Å²) in [6, 6.07) is 11.0. The lowest BCUT2D eigenvalue weighted by Crippen LogP contribution is -2.21. The fourth-order valence-corrected chi connectivity index (χ4v) is 2.71. The molecule has 0 aromatic heterocycles. The van der Waals surface area contributed by atoms with E-state index in [-0.39, 0.29) is 12.1 Å². The van der Waals surface area contributed by atoms with Gasteiger partial charge in [0.15, 0.2) is 0 Å². The zero-order valence-corrected chi connectivity index (χ0v) is 12.1. The lowest BCUT2D eigenvalue weighted by molar-refractivity contribution is 0.143. The van der Waals surface area contributed by atoms with Gasteiger partial charge in [-0.05, 0) is 23.8 Å². The van der Waals surface area contributed by atoms with Crippen LogP contribution in [0.15, 0.2) is 42.5 Å². The molecule has 2 aromatic rings. The third-order valence-corrected chi connectivity index (χ3v) is 3.78. The van der Waals surface area contributed by atoms with Crippen LogP contribution in [0.4, 0.5) is 4.39 Å². The van der Waals surface area contributed by atoms with Crippen LogP contribution in [-0.2, 0) is 0 Å². The summed E-state index contributed by atoms with van der Waals surface area (Å²) in [6.07, 6.45) is -1.07. The van der Waals surface area contributed by atoms with E-state index in [4.69, 9.17) is 28.9 Å². The van der Waals surface area contributed by atoms with Gasteiger partial charge in [0.25, 0.3) is 0 Å². The standard InChI is InChI=1S/C15H14Cl2FNO/c16-9-5-6-10(13(17)7-9)12(8-19)15(20)11-3-1-2-4-14(11)18/h1-7,12,15,20H,8,19H2. The first-order valence-corrected chi connectivity index (χ1v) is 6.87. The fourth-order valence-electron chi connectivity index (χ4n) is 2.16. The van der Waals surface area contributed by atoms with Gasteiger partial charge in [-0.1, -0.05) is 47.5 Å². The van der Waals surface area contributed by atoms with Gasteiger partial charge in [-0.25, -0.2) is 4.39 Å². The second kappa shape index (κ2) is 6.55. The predicted molar refractivity (Wildman–Crippen MR) is 79.6 cm³/mol. The smallest absolute Gasteiger partial charge is 0.129 e. The van der Waals surface area contributed by atoms with Crippen LogP contribution in [0, 0.1) is 5.82 Å². The molecule has 2 unspecified atom stereocenters. The molecule has 0 aliphatic heterocycles. The van der Waals surface area contributed by atoms with Gasteiger partial charge in [0.05, 0.1) is 6.10 Å². The SMILES string of the molecule is NCC(c1ccc(Cl)cc1Cl)C(O)c1ccccc1F. The highest BCUT2D eigenvalue weighted by Crippen LogP contribution is 2.36. The molecule has 3 N–H and O–H groups in total. The topological polar surface area (TPSA) is 46.2 Å². The summed E-state index contributed by atoms with van der Waals surface area (Å²) in [5.41, 5.74) is 6.58. The Morgan fingerprint density at radius 3 is 2.40 bits per heavy atom. The number of hydrogen-bond acceptors (Lipinski definition) is 2. The van der Waals surface area contributed by atoms with Crippen molar-refractivity contribution in [2.45, 2.75) is 12.0 Å². The molecular formula is C15H14Cl2FNO. The summed E-state index contributed by atoms with van der Waals surface area (Å²) in [5.74, 6) is -0.972. The second-order valence-corrected chi connectivity index (χ2v) is 5.32. The first-order valence-electron chi connectivity index (χ1n) is 6.12. The first-order chi connectivity index (χ1) is 9.54. The van der Waals surface area contributed by atoms with Gasteiger partial charge >= 0.3 is 0 Å². The van der Waals surface area contributed by atoms with Gasteiger partial charge < -0.3 is 10.8 Å². The van der Waals surface area contributed by atoms with E-state index in [0.717, 1.165) is 0 Å². The predicted octanol–water partition coefficient (Wildman–Crippen LogP) is 3.91. The fraction of sp³-hybridized carbons (Fsp3) is 0.200. The number of halogens is 3. The van der Waals surface area contributed by atoms with E-state index >= 15 is 0 Å². The van der Waals surface area contributed by atoms with Crippen molar-refractivity contribution < 1.29 is 9.50 Å². The minimum Gasteiger partial charge on any atom is -0.388 e. The van der Waals surface area contributed by atoms with Gasteiger partial charge in [0, 0.05) is 28.1 Å². The molecule has 2 rings (SSSR count). The van der Waals surface area contributed by atoms with Crippen molar-refractivity contribution in [1.29, 1.82) is 0 Å². The molecule has 0 spiro atoms. The summed E-state index contributed by atoms with van der Waals surface area (Å²) >= 11 is 12.0. The average Bonchev–Trinajstić information content (AvgIpc) is 2.42. The molecule has 0 saturated heterocycles. The molecule has 0 saturated carbocycles. The zero-order valence-electron chi connectivity index (χ0n) is 10.6. The van der Waals surface area contributed by atoms with Crippen LogP contribution in [0.2, 0.25) is 10.0 Å². The number of nitrogens with two attached hydrogens (primary N) is 1. The molecule has 2 atom stereocenters. The maximum atomic E-state index is 13.8. The van der Waals surface area contributed by atoms with Crippen molar-refractivity contribution in [3.8, 4) is 0 Å². The van der Waals surface area contributed by atoms with E-state index in [1.165, 1.54) is 12.1 Å². The van der Waals surface area contributed by atoms with Crippen molar-refractivity contribution in [2.75, 3.05) is 6.54 Å². The Hall–Kier alpha value is -1.13. The van der Waals surface area contributed by atoms with Crippen molar-refractivity contribution in [3.63, 3.8) is 0 Å². The lowest BCUT2D eigenvalue weighted by atomic mass is 9.89. The molecule has 0 fully saturated rings. The largest absolute Gasteiger partial charge is 0.388 e. The molecule has 2 nitrogen and oxygen atoms in total. The van der Waals surface area contributed by atoms with E-state index < -0.39 is 17.8 Å². The quantitative estimate of drug-likeness (QED) is 0.899. The highest BCUT2D eigenvalue weighted by molar-refractivity contribution is 6.35.